The van der Waals surface area contributed by atoms with Gasteiger partial charge in [-0.3, -0.25) is 10.2 Å². The van der Waals surface area contributed by atoms with Crippen molar-refractivity contribution in [3.05, 3.63) is 52.7 Å². The van der Waals surface area contributed by atoms with E-state index in [4.69, 9.17) is 17.0 Å². The Hall–Kier alpha value is -2.53. The van der Waals surface area contributed by atoms with Gasteiger partial charge in [0.1, 0.15) is 10.4 Å². The molecule has 0 amide bonds. The monoisotopic (exact) mass is 353 g/mol. The Morgan fingerprint density at radius 1 is 1.04 bits per heavy atom. The highest BCUT2D eigenvalue weighted by Gasteiger charge is 2.15. The zero-order valence-corrected chi connectivity index (χ0v) is 15.8. The molecule has 5 heteroatoms. The molecule has 1 aromatic heterocycles. The smallest absolute Gasteiger partial charge is 0.142 e. The molecule has 0 aliphatic carbocycles. The number of ether oxygens (including phenoxy) is 1. The summed E-state index contributed by atoms with van der Waals surface area (Å²) in [5.74, 6) is 0.825. The average molecular weight is 353 g/mol. The second kappa shape index (κ2) is 7.15. The first-order valence-electron chi connectivity index (χ1n) is 8.30. The van der Waals surface area contributed by atoms with Crippen LogP contribution in [0.15, 0.2) is 42.5 Å². The van der Waals surface area contributed by atoms with Crippen molar-refractivity contribution < 1.29 is 4.74 Å². The second-order valence-corrected chi connectivity index (χ2v) is 6.57. The zero-order valence-electron chi connectivity index (χ0n) is 15.0. The van der Waals surface area contributed by atoms with Gasteiger partial charge in [0.05, 0.1) is 18.5 Å². The van der Waals surface area contributed by atoms with Crippen LogP contribution in [0.3, 0.4) is 0 Å². The standard InChI is InChI=1S/C20H23N3OS/c1-5-13-7-6-8-15(11-13)19-18(20(25)22-21-19)14-9-10-16(23(2)3)17(12-14)24-4/h6-12H,5H2,1-4H3,(H2,21,22,25). The Kier molecular flexibility index (Phi) is 4.95. The summed E-state index contributed by atoms with van der Waals surface area (Å²) in [6.45, 7) is 2.16. The van der Waals surface area contributed by atoms with Crippen LogP contribution in [0.1, 0.15) is 12.5 Å². The molecule has 25 heavy (non-hydrogen) atoms. The Morgan fingerprint density at radius 2 is 1.84 bits per heavy atom. The summed E-state index contributed by atoms with van der Waals surface area (Å²) in [6.07, 6.45) is 1.000. The maximum absolute atomic E-state index is 5.57. The molecule has 0 aliphatic heterocycles. The molecule has 0 atom stereocenters. The van der Waals surface area contributed by atoms with Gasteiger partial charge in [-0.2, -0.15) is 0 Å². The van der Waals surface area contributed by atoms with Crippen molar-refractivity contribution in [2.75, 3.05) is 26.1 Å². The van der Waals surface area contributed by atoms with Crippen LogP contribution < -0.4 is 9.64 Å². The predicted molar refractivity (Wildman–Crippen MR) is 107 cm³/mol. The van der Waals surface area contributed by atoms with Gasteiger partial charge in [-0.05, 0) is 35.7 Å². The van der Waals surface area contributed by atoms with E-state index in [2.05, 4.69) is 53.5 Å². The van der Waals surface area contributed by atoms with Crippen molar-refractivity contribution in [2.45, 2.75) is 13.3 Å². The van der Waals surface area contributed by atoms with Crippen LogP contribution >= 0.6 is 12.2 Å². The highest BCUT2D eigenvalue weighted by atomic mass is 32.1. The lowest BCUT2D eigenvalue weighted by molar-refractivity contribution is 0.415. The van der Waals surface area contributed by atoms with Crippen molar-refractivity contribution in [2.24, 2.45) is 0 Å². The van der Waals surface area contributed by atoms with E-state index < -0.39 is 0 Å². The van der Waals surface area contributed by atoms with Gasteiger partial charge in [0.15, 0.2) is 0 Å². The van der Waals surface area contributed by atoms with E-state index in [1.807, 2.05) is 25.1 Å². The quantitative estimate of drug-likeness (QED) is 0.631. The fourth-order valence-corrected chi connectivity index (χ4v) is 3.27. The van der Waals surface area contributed by atoms with E-state index in [-0.39, 0.29) is 0 Å². The van der Waals surface area contributed by atoms with Gasteiger partial charge >= 0.3 is 0 Å². The predicted octanol–water partition coefficient (Wildman–Crippen LogP) is 5.04. The van der Waals surface area contributed by atoms with Crippen LogP contribution in [0, 0.1) is 4.64 Å². The molecule has 0 bridgehead atoms. The maximum atomic E-state index is 5.57. The third kappa shape index (κ3) is 3.33. The molecule has 0 saturated carbocycles. The minimum Gasteiger partial charge on any atom is -0.495 e. The molecule has 3 rings (SSSR count). The summed E-state index contributed by atoms with van der Waals surface area (Å²) in [7, 11) is 5.69. The molecule has 0 fully saturated rings. The first-order chi connectivity index (χ1) is 12.0. The lowest BCUT2D eigenvalue weighted by Crippen LogP contribution is -2.10. The second-order valence-electron chi connectivity index (χ2n) is 6.16. The lowest BCUT2D eigenvalue weighted by atomic mass is 9.99. The Balaban J connectivity index is 2.16. The molecule has 130 valence electrons. The first-order valence-corrected chi connectivity index (χ1v) is 8.71. The number of nitrogens with zero attached hydrogens (tertiary/aromatic N) is 1. The fourth-order valence-electron chi connectivity index (χ4n) is 3.00. The number of H-pyrrole nitrogens is 2. The van der Waals surface area contributed by atoms with Crippen molar-refractivity contribution in [1.82, 2.24) is 10.2 Å². The number of hydrogen-bond acceptors (Lipinski definition) is 3. The number of aryl methyl sites for hydroxylation is 1. The number of methoxy groups -OCH3 is 1. The van der Waals surface area contributed by atoms with Crippen LogP contribution in [0.5, 0.6) is 5.75 Å². The molecular weight excluding hydrogens is 330 g/mol. The van der Waals surface area contributed by atoms with Crippen LogP contribution in [0.2, 0.25) is 0 Å². The van der Waals surface area contributed by atoms with Gasteiger partial charge in [-0.25, -0.2) is 0 Å². The molecule has 2 N–H and O–H groups in total. The number of nitrogens with one attached hydrogen (secondary N) is 2. The van der Waals surface area contributed by atoms with Crippen LogP contribution in [0.25, 0.3) is 22.4 Å². The van der Waals surface area contributed by atoms with E-state index in [1.165, 1.54) is 5.56 Å². The molecule has 3 aromatic rings. The molecule has 0 aliphatic rings. The van der Waals surface area contributed by atoms with E-state index in [1.54, 1.807) is 7.11 Å². The molecule has 4 nitrogen and oxygen atoms in total. The molecular formula is C20H23N3OS. The zero-order chi connectivity index (χ0) is 18.0. The molecule has 1 heterocycles. The van der Waals surface area contributed by atoms with Crippen LogP contribution in [0.4, 0.5) is 5.69 Å². The van der Waals surface area contributed by atoms with E-state index in [0.717, 1.165) is 40.2 Å². The number of aromatic nitrogens is 2. The summed E-state index contributed by atoms with van der Waals surface area (Å²) in [5, 5.41) is 6.32. The van der Waals surface area contributed by atoms with Gasteiger partial charge in [0.25, 0.3) is 0 Å². The van der Waals surface area contributed by atoms with Gasteiger partial charge in [-0.15, -0.1) is 0 Å². The molecule has 0 unspecified atom stereocenters. The highest BCUT2D eigenvalue weighted by molar-refractivity contribution is 7.71. The maximum Gasteiger partial charge on any atom is 0.142 e. The summed E-state index contributed by atoms with van der Waals surface area (Å²) in [5.41, 5.74) is 6.47. The lowest BCUT2D eigenvalue weighted by Gasteiger charge is -2.17. The summed E-state index contributed by atoms with van der Waals surface area (Å²) >= 11 is 5.54. The van der Waals surface area contributed by atoms with E-state index in [0.29, 0.717) is 4.64 Å². The molecule has 0 radical (unpaired) electrons. The normalized spacial score (nSPS) is 10.7. The largest absolute Gasteiger partial charge is 0.495 e. The Bertz CT molecular complexity index is 940. The number of benzene rings is 2. The van der Waals surface area contributed by atoms with E-state index >= 15 is 0 Å². The van der Waals surface area contributed by atoms with Crippen molar-refractivity contribution in [3.63, 3.8) is 0 Å². The fraction of sp³-hybridized carbons (Fsp3) is 0.250. The third-order valence-electron chi connectivity index (χ3n) is 4.35. The SMILES string of the molecule is CCc1cccc(-c2[nH][nH]c(=S)c2-c2ccc(N(C)C)c(OC)c2)c1. The van der Waals surface area contributed by atoms with Gasteiger partial charge in [0, 0.05) is 25.2 Å². The van der Waals surface area contributed by atoms with Gasteiger partial charge in [-0.1, -0.05) is 43.4 Å². The minimum absolute atomic E-state index is 0.691. The number of anilines is 1. The van der Waals surface area contributed by atoms with Crippen molar-refractivity contribution in [3.8, 4) is 28.1 Å². The van der Waals surface area contributed by atoms with Crippen molar-refractivity contribution >= 4 is 17.9 Å². The topological polar surface area (TPSA) is 44.0 Å². The van der Waals surface area contributed by atoms with Crippen LogP contribution in [-0.2, 0) is 6.42 Å². The summed E-state index contributed by atoms with van der Waals surface area (Å²) in [6, 6.07) is 14.7. The van der Waals surface area contributed by atoms with Gasteiger partial charge in [0.2, 0.25) is 0 Å². The summed E-state index contributed by atoms with van der Waals surface area (Å²) < 4.78 is 6.26. The van der Waals surface area contributed by atoms with Crippen molar-refractivity contribution in [1.29, 1.82) is 0 Å². The Morgan fingerprint density at radius 3 is 2.52 bits per heavy atom. The number of hydrogen-bond donors (Lipinski definition) is 2. The average Bonchev–Trinajstić information content (AvgIpc) is 3.02. The minimum atomic E-state index is 0.691. The van der Waals surface area contributed by atoms with Crippen LogP contribution in [-0.4, -0.2) is 31.4 Å². The number of rotatable bonds is 5. The highest BCUT2D eigenvalue weighted by Crippen LogP contribution is 2.37. The first kappa shape index (κ1) is 17.3. The Labute approximate surface area is 153 Å². The molecule has 2 aromatic carbocycles. The number of aromatic amines is 2. The third-order valence-corrected chi connectivity index (χ3v) is 4.66. The molecule has 0 saturated heterocycles. The molecule has 0 spiro atoms. The van der Waals surface area contributed by atoms with Gasteiger partial charge < -0.3 is 9.64 Å². The summed E-state index contributed by atoms with van der Waals surface area (Å²) in [4.78, 5) is 2.03. The van der Waals surface area contributed by atoms with E-state index in [9.17, 15) is 0 Å².